The van der Waals surface area contributed by atoms with Gasteiger partial charge in [-0.3, -0.25) is 0 Å². The third kappa shape index (κ3) is 10.2. The maximum Gasteiger partial charge on any atom is 0.441 e. The summed E-state index contributed by atoms with van der Waals surface area (Å²) >= 11 is 0.0807. The number of rotatable bonds is 7. The molecule has 86 valence electrons. The van der Waals surface area contributed by atoms with E-state index in [1.54, 1.807) is 0 Å². The standard InChI is InChI=1S/C9H18F3NS/c1-3-13-6-4-8(2)5-7-14-9(10,11)12/h8,13H,3-7H2,1-2H3. The number of alkyl halides is 3. The van der Waals surface area contributed by atoms with Gasteiger partial charge in [0.2, 0.25) is 0 Å². The highest BCUT2D eigenvalue weighted by atomic mass is 32.2. The first-order valence-corrected chi connectivity index (χ1v) is 5.85. The molecular weight excluding hydrogens is 211 g/mol. The Morgan fingerprint density at radius 1 is 1.29 bits per heavy atom. The zero-order valence-electron chi connectivity index (χ0n) is 8.66. The van der Waals surface area contributed by atoms with Gasteiger partial charge in [0.1, 0.15) is 0 Å². The summed E-state index contributed by atoms with van der Waals surface area (Å²) in [7, 11) is 0. The van der Waals surface area contributed by atoms with Gasteiger partial charge in [-0.2, -0.15) is 13.2 Å². The fraction of sp³-hybridized carbons (Fsp3) is 1.00. The number of nitrogens with one attached hydrogen (secondary N) is 1. The summed E-state index contributed by atoms with van der Waals surface area (Å²) in [5.41, 5.74) is -4.07. The van der Waals surface area contributed by atoms with Crippen molar-refractivity contribution in [2.75, 3.05) is 18.8 Å². The zero-order valence-corrected chi connectivity index (χ0v) is 9.47. The number of thioether (sulfide) groups is 1. The van der Waals surface area contributed by atoms with Gasteiger partial charge in [0, 0.05) is 5.75 Å². The fourth-order valence-electron chi connectivity index (χ4n) is 1.05. The van der Waals surface area contributed by atoms with Gasteiger partial charge in [0.25, 0.3) is 0 Å². The van der Waals surface area contributed by atoms with E-state index in [1.807, 2.05) is 13.8 Å². The van der Waals surface area contributed by atoms with Crippen LogP contribution in [0.1, 0.15) is 26.7 Å². The van der Waals surface area contributed by atoms with Crippen LogP contribution < -0.4 is 5.32 Å². The van der Waals surface area contributed by atoms with Crippen molar-refractivity contribution in [2.24, 2.45) is 5.92 Å². The number of hydrogen-bond acceptors (Lipinski definition) is 2. The van der Waals surface area contributed by atoms with Gasteiger partial charge in [-0.25, -0.2) is 0 Å². The lowest BCUT2D eigenvalue weighted by atomic mass is 10.1. The van der Waals surface area contributed by atoms with Gasteiger partial charge in [-0.1, -0.05) is 25.6 Å². The molecule has 0 aromatic rings. The molecule has 0 saturated heterocycles. The van der Waals surface area contributed by atoms with Crippen molar-refractivity contribution >= 4 is 11.8 Å². The van der Waals surface area contributed by atoms with Crippen LogP contribution in [0.3, 0.4) is 0 Å². The largest absolute Gasteiger partial charge is 0.441 e. The zero-order chi connectivity index (χ0) is 11.0. The summed E-state index contributed by atoms with van der Waals surface area (Å²) < 4.78 is 35.3. The highest BCUT2D eigenvalue weighted by Crippen LogP contribution is 2.31. The molecule has 1 N–H and O–H groups in total. The minimum atomic E-state index is -4.07. The second-order valence-electron chi connectivity index (χ2n) is 3.33. The van der Waals surface area contributed by atoms with Crippen LogP contribution in [0.4, 0.5) is 13.2 Å². The first-order chi connectivity index (χ1) is 6.45. The van der Waals surface area contributed by atoms with E-state index in [2.05, 4.69) is 5.32 Å². The molecule has 0 bridgehead atoms. The Labute approximate surface area is 87.8 Å². The molecule has 0 rings (SSSR count). The second kappa shape index (κ2) is 7.40. The molecule has 0 heterocycles. The average Bonchev–Trinajstić information content (AvgIpc) is 2.02. The van der Waals surface area contributed by atoms with Gasteiger partial charge in [-0.05, 0) is 31.8 Å². The van der Waals surface area contributed by atoms with Crippen LogP contribution in [0.15, 0.2) is 0 Å². The van der Waals surface area contributed by atoms with Crippen LogP contribution in [0.5, 0.6) is 0 Å². The van der Waals surface area contributed by atoms with Crippen molar-refractivity contribution in [1.82, 2.24) is 5.32 Å². The topological polar surface area (TPSA) is 12.0 Å². The molecule has 1 atom stereocenters. The third-order valence-electron chi connectivity index (χ3n) is 1.94. The molecular formula is C9H18F3NS. The smallest absolute Gasteiger partial charge is 0.317 e. The van der Waals surface area contributed by atoms with E-state index in [4.69, 9.17) is 0 Å². The molecule has 1 unspecified atom stereocenters. The molecule has 14 heavy (non-hydrogen) atoms. The average molecular weight is 229 g/mol. The van der Waals surface area contributed by atoms with E-state index in [0.717, 1.165) is 19.5 Å². The molecule has 0 aliphatic heterocycles. The van der Waals surface area contributed by atoms with Gasteiger partial charge in [0.05, 0.1) is 0 Å². The molecule has 0 aliphatic rings. The molecule has 0 radical (unpaired) electrons. The molecule has 0 fully saturated rings. The second-order valence-corrected chi connectivity index (χ2v) is 4.49. The van der Waals surface area contributed by atoms with Crippen molar-refractivity contribution in [3.63, 3.8) is 0 Å². The Hall–Kier alpha value is 0.100. The Balaban J connectivity index is 3.31. The van der Waals surface area contributed by atoms with E-state index in [9.17, 15) is 13.2 Å². The van der Waals surface area contributed by atoms with Gasteiger partial charge < -0.3 is 5.32 Å². The fourth-order valence-corrected chi connectivity index (χ4v) is 1.80. The maximum atomic E-state index is 11.8. The lowest BCUT2D eigenvalue weighted by Crippen LogP contribution is -2.17. The highest BCUT2D eigenvalue weighted by molar-refractivity contribution is 8.00. The Morgan fingerprint density at radius 3 is 2.43 bits per heavy atom. The predicted molar refractivity (Wildman–Crippen MR) is 55.5 cm³/mol. The van der Waals surface area contributed by atoms with E-state index >= 15 is 0 Å². The Morgan fingerprint density at radius 2 is 1.93 bits per heavy atom. The number of hydrogen-bond donors (Lipinski definition) is 1. The van der Waals surface area contributed by atoms with Crippen LogP contribution in [-0.2, 0) is 0 Å². The Bertz CT molecular complexity index is 139. The lowest BCUT2D eigenvalue weighted by molar-refractivity contribution is -0.0328. The third-order valence-corrected chi connectivity index (χ3v) is 2.71. The van der Waals surface area contributed by atoms with Crippen LogP contribution in [-0.4, -0.2) is 24.4 Å². The quantitative estimate of drug-likeness (QED) is 0.672. The van der Waals surface area contributed by atoms with Crippen molar-refractivity contribution in [2.45, 2.75) is 32.2 Å². The van der Waals surface area contributed by atoms with E-state index in [1.165, 1.54) is 0 Å². The molecule has 5 heteroatoms. The summed E-state index contributed by atoms with van der Waals surface area (Å²) in [4.78, 5) is 0. The van der Waals surface area contributed by atoms with Gasteiger partial charge in [0.15, 0.2) is 0 Å². The summed E-state index contributed by atoms with van der Waals surface area (Å²) in [6.07, 6.45) is 1.59. The molecule has 0 aromatic heterocycles. The van der Waals surface area contributed by atoms with Gasteiger partial charge >= 0.3 is 5.51 Å². The maximum absolute atomic E-state index is 11.8. The molecule has 0 aliphatic carbocycles. The summed E-state index contributed by atoms with van der Waals surface area (Å²) in [5, 5.41) is 3.16. The number of halogens is 3. The lowest BCUT2D eigenvalue weighted by Gasteiger charge is -2.11. The van der Waals surface area contributed by atoms with Crippen molar-refractivity contribution in [3.05, 3.63) is 0 Å². The van der Waals surface area contributed by atoms with E-state index < -0.39 is 5.51 Å². The van der Waals surface area contributed by atoms with E-state index in [0.29, 0.717) is 12.3 Å². The SMILES string of the molecule is CCNCCC(C)CCSC(F)(F)F. The summed E-state index contributed by atoms with van der Waals surface area (Å²) in [6.45, 7) is 5.83. The summed E-state index contributed by atoms with van der Waals surface area (Å²) in [6, 6.07) is 0. The first kappa shape index (κ1) is 14.1. The van der Waals surface area contributed by atoms with Crippen molar-refractivity contribution in [3.8, 4) is 0 Å². The highest BCUT2D eigenvalue weighted by Gasteiger charge is 2.27. The van der Waals surface area contributed by atoms with Crippen molar-refractivity contribution < 1.29 is 13.2 Å². The minimum absolute atomic E-state index is 0.0807. The monoisotopic (exact) mass is 229 g/mol. The normalized spacial score (nSPS) is 14.4. The molecule has 0 aromatic carbocycles. The van der Waals surface area contributed by atoms with Crippen molar-refractivity contribution in [1.29, 1.82) is 0 Å². The molecule has 0 saturated carbocycles. The van der Waals surface area contributed by atoms with E-state index in [-0.39, 0.29) is 17.5 Å². The van der Waals surface area contributed by atoms with Crippen LogP contribution in [0.2, 0.25) is 0 Å². The van der Waals surface area contributed by atoms with Crippen LogP contribution in [0, 0.1) is 5.92 Å². The summed E-state index contributed by atoms with van der Waals surface area (Å²) in [5.74, 6) is 0.542. The molecule has 1 nitrogen and oxygen atoms in total. The Kier molecular flexibility index (Phi) is 7.45. The molecule has 0 spiro atoms. The molecule has 0 amide bonds. The first-order valence-electron chi connectivity index (χ1n) is 4.87. The minimum Gasteiger partial charge on any atom is -0.317 e. The van der Waals surface area contributed by atoms with Crippen LogP contribution >= 0.6 is 11.8 Å². The van der Waals surface area contributed by atoms with Crippen LogP contribution in [0.25, 0.3) is 0 Å². The van der Waals surface area contributed by atoms with Gasteiger partial charge in [-0.15, -0.1) is 0 Å². The predicted octanol–water partition coefficient (Wildman–Crippen LogP) is 3.27.